The lowest BCUT2D eigenvalue weighted by molar-refractivity contribution is 0.152. The van der Waals surface area contributed by atoms with Gasteiger partial charge in [-0.3, -0.25) is 4.90 Å². The molecule has 116 valence electrons. The molecule has 21 heavy (non-hydrogen) atoms. The summed E-state index contributed by atoms with van der Waals surface area (Å²) in [6.45, 7) is 5.79. The first-order valence-corrected chi connectivity index (χ1v) is 8.82. The molecule has 1 aliphatic carbocycles. The number of piperidine rings is 1. The van der Waals surface area contributed by atoms with Gasteiger partial charge in [-0.1, -0.05) is 35.3 Å². The molecule has 0 radical (unpaired) electrons. The monoisotopic (exact) mass is 326 g/mol. The van der Waals surface area contributed by atoms with Gasteiger partial charge in [-0.05, 0) is 63.2 Å². The van der Waals surface area contributed by atoms with Crippen LogP contribution in [-0.4, -0.2) is 30.6 Å². The van der Waals surface area contributed by atoms with E-state index in [1.807, 2.05) is 12.1 Å². The quantitative estimate of drug-likeness (QED) is 0.855. The maximum absolute atomic E-state index is 6.43. The molecule has 0 bridgehead atoms. The molecule has 0 spiro atoms. The van der Waals surface area contributed by atoms with E-state index < -0.39 is 0 Å². The summed E-state index contributed by atoms with van der Waals surface area (Å²) in [5.74, 6) is 0.812. The topological polar surface area (TPSA) is 15.3 Å². The van der Waals surface area contributed by atoms with E-state index >= 15 is 0 Å². The summed E-state index contributed by atoms with van der Waals surface area (Å²) in [4.78, 5) is 2.66. The second-order valence-corrected chi connectivity index (χ2v) is 7.23. The molecule has 0 amide bonds. The van der Waals surface area contributed by atoms with Crippen LogP contribution in [0.4, 0.5) is 0 Å². The van der Waals surface area contributed by atoms with Gasteiger partial charge in [-0.2, -0.15) is 0 Å². The standard InChI is InChI=1S/C17H24Cl2N2/c1-12(15-3-2-4-16(18)17(15)19)21(14-5-6-14)11-13-7-9-20-10-8-13/h2-4,12-14,20H,5-11H2,1H3. The fourth-order valence-corrected chi connectivity index (χ4v) is 3.88. The molecule has 1 atom stereocenters. The summed E-state index contributed by atoms with van der Waals surface area (Å²) in [6.07, 6.45) is 5.24. The summed E-state index contributed by atoms with van der Waals surface area (Å²) in [6, 6.07) is 7.09. The third-order valence-electron chi connectivity index (χ3n) is 4.87. The van der Waals surface area contributed by atoms with Crippen molar-refractivity contribution in [3.63, 3.8) is 0 Å². The summed E-state index contributed by atoms with van der Waals surface area (Å²) in [5.41, 5.74) is 1.17. The Kier molecular flexibility index (Phi) is 5.11. The fourth-order valence-electron chi connectivity index (χ4n) is 3.41. The van der Waals surface area contributed by atoms with E-state index in [4.69, 9.17) is 23.2 Å². The van der Waals surface area contributed by atoms with Crippen LogP contribution in [0.25, 0.3) is 0 Å². The largest absolute Gasteiger partial charge is 0.317 e. The minimum Gasteiger partial charge on any atom is -0.317 e. The van der Waals surface area contributed by atoms with Gasteiger partial charge in [0.05, 0.1) is 10.0 Å². The highest BCUT2D eigenvalue weighted by atomic mass is 35.5. The molecule has 1 aliphatic heterocycles. The van der Waals surface area contributed by atoms with Gasteiger partial charge in [0, 0.05) is 18.6 Å². The average Bonchev–Trinajstić information content (AvgIpc) is 3.33. The highest BCUT2D eigenvalue weighted by Crippen LogP contribution is 2.39. The molecular weight excluding hydrogens is 303 g/mol. The van der Waals surface area contributed by atoms with E-state index in [-0.39, 0.29) is 0 Å². The molecule has 1 N–H and O–H groups in total. The summed E-state index contributed by atoms with van der Waals surface area (Å²) >= 11 is 12.6. The number of nitrogens with one attached hydrogen (secondary N) is 1. The molecule has 1 aromatic carbocycles. The maximum atomic E-state index is 6.43. The highest BCUT2D eigenvalue weighted by molar-refractivity contribution is 6.42. The van der Waals surface area contributed by atoms with E-state index in [0.717, 1.165) is 30.1 Å². The Bertz CT molecular complexity index is 482. The predicted molar refractivity (Wildman–Crippen MR) is 90.2 cm³/mol. The molecule has 1 saturated heterocycles. The van der Waals surface area contributed by atoms with Crippen LogP contribution in [0, 0.1) is 5.92 Å². The van der Waals surface area contributed by atoms with E-state index in [9.17, 15) is 0 Å². The van der Waals surface area contributed by atoms with Crippen LogP contribution in [0.15, 0.2) is 18.2 Å². The Morgan fingerprint density at radius 3 is 2.57 bits per heavy atom. The van der Waals surface area contributed by atoms with Crippen molar-refractivity contribution in [1.82, 2.24) is 10.2 Å². The number of benzene rings is 1. The van der Waals surface area contributed by atoms with Gasteiger partial charge in [0.15, 0.2) is 0 Å². The first-order valence-electron chi connectivity index (χ1n) is 8.07. The van der Waals surface area contributed by atoms with Crippen LogP contribution in [0.3, 0.4) is 0 Å². The SMILES string of the molecule is CC(c1cccc(Cl)c1Cl)N(CC1CCNCC1)C1CC1. The first-order chi connectivity index (χ1) is 10.2. The Labute approximate surface area is 137 Å². The van der Waals surface area contributed by atoms with Gasteiger partial charge in [-0.25, -0.2) is 0 Å². The summed E-state index contributed by atoms with van der Waals surface area (Å²) < 4.78 is 0. The molecule has 1 heterocycles. The number of halogens is 2. The minimum absolute atomic E-state index is 0.346. The van der Waals surface area contributed by atoms with Crippen molar-refractivity contribution in [2.45, 2.75) is 44.7 Å². The predicted octanol–water partition coefficient (Wildman–Crippen LogP) is 4.52. The molecule has 2 nitrogen and oxygen atoms in total. The Balaban J connectivity index is 1.75. The lowest BCUT2D eigenvalue weighted by Gasteiger charge is -2.35. The molecule has 2 fully saturated rings. The summed E-state index contributed by atoms with van der Waals surface area (Å²) in [7, 11) is 0. The zero-order valence-corrected chi connectivity index (χ0v) is 14.1. The number of hydrogen-bond donors (Lipinski definition) is 1. The number of nitrogens with zero attached hydrogens (tertiary/aromatic N) is 1. The van der Waals surface area contributed by atoms with Crippen molar-refractivity contribution >= 4 is 23.2 Å². The number of rotatable bonds is 5. The van der Waals surface area contributed by atoms with Crippen molar-refractivity contribution in [2.75, 3.05) is 19.6 Å². The van der Waals surface area contributed by atoms with E-state index in [0.29, 0.717) is 11.1 Å². The minimum atomic E-state index is 0.346. The molecule has 1 aromatic rings. The number of hydrogen-bond acceptors (Lipinski definition) is 2. The normalized spacial score (nSPS) is 21.7. The van der Waals surface area contributed by atoms with Crippen molar-refractivity contribution in [3.05, 3.63) is 33.8 Å². The Morgan fingerprint density at radius 1 is 1.19 bits per heavy atom. The van der Waals surface area contributed by atoms with Crippen LogP contribution in [0.2, 0.25) is 10.0 Å². The molecular formula is C17H24Cl2N2. The Morgan fingerprint density at radius 2 is 1.90 bits per heavy atom. The van der Waals surface area contributed by atoms with Gasteiger partial charge in [-0.15, -0.1) is 0 Å². The third kappa shape index (κ3) is 3.73. The third-order valence-corrected chi connectivity index (χ3v) is 5.71. The van der Waals surface area contributed by atoms with Crippen LogP contribution < -0.4 is 5.32 Å². The van der Waals surface area contributed by atoms with Crippen molar-refractivity contribution in [1.29, 1.82) is 0 Å². The van der Waals surface area contributed by atoms with E-state index in [1.54, 1.807) is 0 Å². The maximum Gasteiger partial charge on any atom is 0.0640 e. The summed E-state index contributed by atoms with van der Waals surface area (Å²) in [5, 5.41) is 4.84. The van der Waals surface area contributed by atoms with Crippen LogP contribution in [-0.2, 0) is 0 Å². The Hall–Kier alpha value is -0.280. The van der Waals surface area contributed by atoms with Crippen molar-refractivity contribution in [2.24, 2.45) is 5.92 Å². The van der Waals surface area contributed by atoms with E-state index in [1.165, 1.54) is 37.8 Å². The molecule has 2 aliphatic rings. The van der Waals surface area contributed by atoms with Crippen LogP contribution in [0.1, 0.15) is 44.2 Å². The molecule has 1 unspecified atom stereocenters. The highest BCUT2D eigenvalue weighted by Gasteiger charge is 2.35. The second-order valence-electron chi connectivity index (χ2n) is 6.44. The lowest BCUT2D eigenvalue weighted by Crippen LogP contribution is -2.38. The van der Waals surface area contributed by atoms with Gasteiger partial charge >= 0.3 is 0 Å². The van der Waals surface area contributed by atoms with Crippen molar-refractivity contribution in [3.8, 4) is 0 Å². The second kappa shape index (κ2) is 6.87. The van der Waals surface area contributed by atoms with Gasteiger partial charge in [0.25, 0.3) is 0 Å². The first kappa shape index (κ1) is 15.6. The van der Waals surface area contributed by atoms with Gasteiger partial charge in [0.1, 0.15) is 0 Å². The van der Waals surface area contributed by atoms with Crippen molar-refractivity contribution < 1.29 is 0 Å². The zero-order chi connectivity index (χ0) is 14.8. The van der Waals surface area contributed by atoms with Gasteiger partial charge < -0.3 is 5.32 Å². The fraction of sp³-hybridized carbons (Fsp3) is 0.647. The molecule has 3 rings (SSSR count). The molecule has 0 aromatic heterocycles. The van der Waals surface area contributed by atoms with Crippen LogP contribution in [0.5, 0.6) is 0 Å². The zero-order valence-electron chi connectivity index (χ0n) is 12.6. The lowest BCUT2D eigenvalue weighted by atomic mass is 9.96. The van der Waals surface area contributed by atoms with E-state index in [2.05, 4.69) is 23.2 Å². The average molecular weight is 327 g/mol. The molecule has 4 heteroatoms. The smallest absolute Gasteiger partial charge is 0.0640 e. The molecule has 1 saturated carbocycles. The van der Waals surface area contributed by atoms with Gasteiger partial charge in [0.2, 0.25) is 0 Å². The van der Waals surface area contributed by atoms with Crippen LogP contribution >= 0.6 is 23.2 Å².